The first kappa shape index (κ1) is 12.7. The first-order chi connectivity index (χ1) is 8.72. The maximum Gasteiger partial charge on any atom is 0.242 e. The highest BCUT2D eigenvalue weighted by Crippen LogP contribution is 2.21. The minimum atomic E-state index is -0.137. The number of rotatable bonds is 4. The molecule has 1 amide bonds. The molecule has 1 fully saturated rings. The summed E-state index contributed by atoms with van der Waals surface area (Å²) >= 11 is 0. The number of pyridine rings is 1. The normalized spacial score (nSPS) is 19.6. The van der Waals surface area contributed by atoms with Crippen LogP contribution in [-0.2, 0) is 4.79 Å². The molecular weight excluding hydrogens is 228 g/mol. The molecule has 1 unspecified atom stereocenters. The molecule has 0 bridgehead atoms. The molecule has 0 aromatic carbocycles. The Hall–Kier alpha value is -1.78. The summed E-state index contributed by atoms with van der Waals surface area (Å²) in [6, 6.07) is 1.92. The number of nitrogens with zero attached hydrogens (tertiary/aromatic N) is 2. The summed E-state index contributed by atoms with van der Waals surface area (Å²) in [5.74, 6) is 0.0770. The molecule has 1 atom stereocenters. The molecule has 18 heavy (non-hydrogen) atoms. The van der Waals surface area contributed by atoms with Gasteiger partial charge in [0.05, 0.1) is 23.8 Å². The van der Waals surface area contributed by atoms with Gasteiger partial charge in [-0.05, 0) is 19.4 Å². The Bertz CT molecular complexity index is 421. The van der Waals surface area contributed by atoms with Crippen molar-refractivity contribution < 1.29 is 4.79 Å². The van der Waals surface area contributed by atoms with Crippen molar-refractivity contribution in [2.75, 3.05) is 29.9 Å². The van der Waals surface area contributed by atoms with Gasteiger partial charge in [-0.1, -0.05) is 6.92 Å². The Kier molecular flexibility index (Phi) is 4.02. The third-order valence-corrected chi connectivity index (χ3v) is 3.13. The number of amides is 1. The van der Waals surface area contributed by atoms with E-state index in [4.69, 9.17) is 0 Å². The van der Waals surface area contributed by atoms with Crippen LogP contribution >= 0.6 is 0 Å². The number of anilines is 2. The van der Waals surface area contributed by atoms with Crippen molar-refractivity contribution in [1.82, 2.24) is 10.3 Å². The largest absolute Gasteiger partial charge is 0.384 e. The minimum absolute atomic E-state index is 0.0770. The predicted octanol–water partition coefficient (Wildman–Crippen LogP) is 1.23. The molecule has 5 nitrogen and oxygen atoms in total. The van der Waals surface area contributed by atoms with Gasteiger partial charge in [-0.25, -0.2) is 0 Å². The zero-order valence-corrected chi connectivity index (χ0v) is 10.9. The zero-order chi connectivity index (χ0) is 13.0. The monoisotopic (exact) mass is 248 g/mol. The van der Waals surface area contributed by atoms with Gasteiger partial charge < -0.3 is 15.5 Å². The van der Waals surface area contributed by atoms with Gasteiger partial charge in [-0.2, -0.15) is 0 Å². The summed E-state index contributed by atoms with van der Waals surface area (Å²) < 4.78 is 0. The zero-order valence-electron chi connectivity index (χ0n) is 10.9. The lowest BCUT2D eigenvalue weighted by atomic mass is 10.2. The maximum atomic E-state index is 11.6. The Labute approximate surface area is 108 Å². The van der Waals surface area contributed by atoms with Crippen LogP contribution in [0.15, 0.2) is 18.5 Å². The van der Waals surface area contributed by atoms with Crippen LogP contribution in [0.4, 0.5) is 11.4 Å². The molecule has 1 aromatic heterocycles. The minimum Gasteiger partial charge on any atom is -0.384 e. The molecule has 0 radical (unpaired) electrons. The number of hydrogen-bond donors (Lipinski definition) is 2. The molecule has 98 valence electrons. The van der Waals surface area contributed by atoms with Crippen LogP contribution in [0.1, 0.15) is 20.3 Å². The van der Waals surface area contributed by atoms with E-state index >= 15 is 0 Å². The van der Waals surface area contributed by atoms with Crippen LogP contribution in [0.5, 0.6) is 0 Å². The quantitative estimate of drug-likeness (QED) is 0.841. The van der Waals surface area contributed by atoms with Crippen LogP contribution in [0.2, 0.25) is 0 Å². The van der Waals surface area contributed by atoms with Crippen molar-refractivity contribution in [2.24, 2.45) is 0 Å². The molecule has 0 aliphatic carbocycles. The van der Waals surface area contributed by atoms with Crippen LogP contribution in [0.25, 0.3) is 0 Å². The lowest BCUT2D eigenvalue weighted by Crippen LogP contribution is -2.54. The first-order valence-electron chi connectivity index (χ1n) is 6.45. The van der Waals surface area contributed by atoms with Gasteiger partial charge >= 0.3 is 0 Å². The molecule has 0 saturated carbocycles. The summed E-state index contributed by atoms with van der Waals surface area (Å²) in [5, 5.41) is 6.17. The lowest BCUT2D eigenvalue weighted by molar-refractivity contribution is -0.122. The smallest absolute Gasteiger partial charge is 0.242 e. The standard InChI is InChI=1S/C13H20N4O/c1-3-4-15-11-7-12(9-14-8-11)17-6-5-16-13(18)10(17)2/h7-10,15H,3-6H2,1-2H3,(H,16,18). The fourth-order valence-corrected chi connectivity index (χ4v) is 2.09. The molecular formula is C13H20N4O. The molecule has 1 aromatic rings. The second kappa shape index (κ2) is 5.71. The van der Waals surface area contributed by atoms with E-state index in [1.54, 1.807) is 0 Å². The van der Waals surface area contributed by atoms with Crippen LogP contribution in [0, 0.1) is 0 Å². The van der Waals surface area contributed by atoms with Gasteiger partial charge in [0.1, 0.15) is 6.04 Å². The second-order valence-corrected chi connectivity index (χ2v) is 4.52. The molecule has 5 heteroatoms. The molecule has 1 aliphatic heterocycles. The summed E-state index contributed by atoms with van der Waals surface area (Å²) in [4.78, 5) is 18.0. The van der Waals surface area contributed by atoms with E-state index in [0.29, 0.717) is 6.54 Å². The number of hydrogen-bond acceptors (Lipinski definition) is 4. The van der Waals surface area contributed by atoms with E-state index in [-0.39, 0.29) is 11.9 Å². The summed E-state index contributed by atoms with van der Waals surface area (Å²) in [6.45, 7) is 6.49. The van der Waals surface area contributed by atoms with Crippen molar-refractivity contribution in [1.29, 1.82) is 0 Å². The van der Waals surface area contributed by atoms with Gasteiger partial charge in [-0.3, -0.25) is 9.78 Å². The SMILES string of the molecule is CCCNc1cncc(N2CCNC(=O)C2C)c1. The number of nitrogens with one attached hydrogen (secondary N) is 2. The van der Waals surface area contributed by atoms with Gasteiger partial charge in [0, 0.05) is 19.6 Å². The van der Waals surface area contributed by atoms with E-state index in [0.717, 1.165) is 30.9 Å². The van der Waals surface area contributed by atoms with E-state index < -0.39 is 0 Å². The van der Waals surface area contributed by atoms with Gasteiger partial charge in [0.2, 0.25) is 5.91 Å². The van der Waals surface area contributed by atoms with E-state index in [2.05, 4.69) is 33.5 Å². The second-order valence-electron chi connectivity index (χ2n) is 4.52. The Morgan fingerprint density at radius 1 is 1.56 bits per heavy atom. The van der Waals surface area contributed by atoms with Gasteiger partial charge in [0.15, 0.2) is 0 Å². The predicted molar refractivity (Wildman–Crippen MR) is 72.8 cm³/mol. The average molecular weight is 248 g/mol. The fourth-order valence-electron chi connectivity index (χ4n) is 2.09. The Morgan fingerprint density at radius 2 is 2.39 bits per heavy atom. The van der Waals surface area contributed by atoms with Crippen molar-refractivity contribution >= 4 is 17.3 Å². The van der Waals surface area contributed by atoms with Crippen molar-refractivity contribution in [3.63, 3.8) is 0 Å². The third-order valence-electron chi connectivity index (χ3n) is 3.13. The summed E-state index contributed by atoms with van der Waals surface area (Å²) in [7, 11) is 0. The molecule has 2 N–H and O–H groups in total. The first-order valence-corrected chi connectivity index (χ1v) is 6.45. The summed E-state index contributed by atoms with van der Waals surface area (Å²) in [5.41, 5.74) is 2.01. The Morgan fingerprint density at radius 3 is 3.17 bits per heavy atom. The van der Waals surface area contributed by atoms with Gasteiger partial charge in [0.25, 0.3) is 0 Å². The van der Waals surface area contributed by atoms with Crippen molar-refractivity contribution in [3.05, 3.63) is 18.5 Å². The highest BCUT2D eigenvalue weighted by molar-refractivity contribution is 5.86. The van der Waals surface area contributed by atoms with Crippen LogP contribution in [-0.4, -0.2) is 36.6 Å². The topological polar surface area (TPSA) is 57.3 Å². The molecule has 0 spiro atoms. The maximum absolute atomic E-state index is 11.6. The highest BCUT2D eigenvalue weighted by atomic mass is 16.2. The number of carbonyl (C=O) groups is 1. The van der Waals surface area contributed by atoms with Crippen LogP contribution < -0.4 is 15.5 Å². The number of aromatic nitrogens is 1. The van der Waals surface area contributed by atoms with Gasteiger partial charge in [-0.15, -0.1) is 0 Å². The summed E-state index contributed by atoms with van der Waals surface area (Å²) in [6.07, 6.45) is 4.70. The third kappa shape index (κ3) is 2.72. The number of piperazine rings is 1. The van der Waals surface area contributed by atoms with Crippen LogP contribution in [0.3, 0.4) is 0 Å². The van der Waals surface area contributed by atoms with Crippen molar-refractivity contribution in [2.45, 2.75) is 26.3 Å². The highest BCUT2D eigenvalue weighted by Gasteiger charge is 2.25. The molecule has 1 aliphatic rings. The average Bonchev–Trinajstić information content (AvgIpc) is 2.40. The molecule has 2 rings (SSSR count). The molecule has 2 heterocycles. The van der Waals surface area contributed by atoms with E-state index in [1.165, 1.54) is 0 Å². The van der Waals surface area contributed by atoms with E-state index in [1.807, 2.05) is 19.3 Å². The van der Waals surface area contributed by atoms with E-state index in [9.17, 15) is 4.79 Å². The Balaban J connectivity index is 2.14. The molecule has 1 saturated heterocycles. The number of carbonyl (C=O) groups excluding carboxylic acids is 1. The van der Waals surface area contributed by atoms with Crippen molar-refractivity contribution in [3.8, 4) is 0 Å². The fraction of sp³-hybridized carbons (Fsp3) is 0.538. The lowest BCUT2D eigenvalue weighted by Gasteiger charge is -2.34.